The Morgan fingerprint density at radius 2 is 1.00 bits per heavy atom. The molecule has 0 aliphatic heterocycles. The van der Waals surface area contributed by atoms with Gasteiger partial charge in [0.05, 0.1) is 0 Å². The van der Waals surface area contributed by atoms with Gasteiger partial charge < -0.3 is 0 Å². The summed E-state index contributed by atoms with van der Waals surface area (Å²) in [5.74, 6) is -0.0903. The van der Waals surface area contributed by atoms with E-state index in [4.69, 9.17) is 0 Å². The molecule has 1 saturated carbocycles. The zero-order valence-corrected chi connectivity index (χ0v) is 11.2. The van der Waals surface area contributed by atoms with Crippen LogP contribution in [0.3, 0.4) is 0 Å². The van der Waals surface area contributed by atoms with Crippen LogP contribution in [0.5, 0.6) is 0 Å². The van der Waals surface area contributed by atoms with E-state index in [0.717, 1.165) is 12.8 Å². The molecule has 2 aromatic rings. The molecule has 0 heterocycles. The Morgan fingerprint density at radius 3 is 1.30 bits per heavy atom. The zero-order chi connectivity index (χ0) is 13.9. The zero-order valence-electron chi connectivity index (χ0n) is 11.2. The van der Waals surface area contributed by atoms with Crippen molar-refractivity contribution in [2.45, 2.75) is 12.8 Å². The molecule has 1 aliphatic carbocycles. The summed E-state index contributed by atoms with van der Waals surface area (Å²) in [6.07, 6.45) is 1.63. The van der Waals surface area contributed by atoms with Crippen molar-refractivity contribution in [1.82, 2.24) is 0 Å². The summed E-state index contributed by atoms with van der Waals surface area (Å²) in [7, 11) is 0. The summed E-state index contributed by atoms with van der Waals surface area (Å²) in [6.45, 7) is 0. The van der Waals surface area contributed by atoms with Gasteiger partial charge in [-0.05, 0) is 12.8 Å². The summed E-state index contributed by atoms with van der Waals surface area (Å²) in [4.78, 5) is 24.8. The highest BCUT2D eigenvalue weighted by molar-refractivity contribution is 6.05. The lowest BCUT2D eigenvalue weighted by atomic mass is 9.67. The number of hydrogen-bond acceptors (Lipinski definition) is 2. The van der Waals surface area contributed by atoms with E-state index in [1.54, 1.807) is 0 Å². The van der Waals surface area contributed by atoms with Crippen molar-refractivity contribution in [1.29, 1.82) is 0 Å². The third kappa shape index (κ3) is 2.29. The molecule has 0 aromatic heterocycles. The van der Waals surface area contributed by atoms with Crippen LogP contribution in [-0.4, -0.2) is 11.6 Å². The van der Waals surface area contributed by atoms with Gasteiger partial charge >= 0.3 is 0 Å². The Labute approximate surface area is 118 Å². The van der Waals surface area contributed by atoms with Crippen LogP contribution in [0.2, 0.25) is 0 Å². The maximum absolute atomic E-state index is 12.4. The second kappa shape index (κ2) is 5.41. The summed E-state index contributed by atoms with van der Waals surface area (Å²) in [5.41, 5.74) is 1.42. The topological polar surface area (TPSA) is 34.1 Å². The normalized spacial score (nSPS) is 21.0. The van der Waals surface area contributed by atoms with Crippen molar-refractivity contribution in [2.75, 3.05) is 0 Å². The monoisotopic (exact) mass is 264 g/mol. The lowest BCUT2D eigenvalue weighted by molar-refractivity contribution is 0.0618. The van der Waals surface area contributed by atoms with Crippen LogP contribution in [0.1, 0.15) is 33.6 Å². The Morgan fingerprint density at radius 1 is 0.650 bits per heavy atom. The smallest absolute Gasteiger partial charge is 0.166 e. The first-order valence-corrected chi connectivity index (χ1v) is 6.96. The summed E-state index contributed by atoms with van der Waals surface area (Å²) in [5, 5.41) is 0. The first-order chi connectivity index (χ1) is 9.77. The quantitative estimate of drug-likeness (QED) is 0.787. The fraction of sp³-hybridized carbons (Fsp3) is 0.222. The molecular weight excluding hydrogens is 248 g/mol. The van der Waals surface area contributed by atoms with Crippen LogP contribution >= 0.6 is 0 Å². The number of carbonyl (C=O) groups is 2. The lowest BCUT2D eigenvalue weighted by Crippen LogP contribution is -2.38. The molecule has 2 atom stereocenters. The first-order valence-electron chi connectivity index (χ1n) is 6.96. The molecule has 100 valence electrons. The molecule has 2 nitrogen and oxygen atoms in total. The summed E-state index contributed by atoms with van der Waals surface area (Å²) >= 11 is 0. The highest BCUT2D eigenvalue weighted by atomic mass is 16.1. The molecule has 2 heteroatoms. The van der Waals surface area contributed by atoms with E-state index in [0.29, 0.717) is 11.1 Å². The van der Waals surface area contributed by atoms with E-state index in [1.807, 2.05) is 60.7 Å². The van der Waals surface area contributed by atoms with E-state index in [9.17, 15) is 9.59 Å². The standard InChI is InChI=1S/C18H16O2/c19-17(13-7-3-1-4-8-13)15-11-12-16(15)18(20)14-9-5-2-6-10-14/h1-10,15-16H,11-12H2. The molecule has 1 fully saturated rings. The molecule has 1 aliphatic rings. The fourth-order valence-corrected chi connectivity index (χ4v) is 2.76. The van der Waals surface area contributed by atoms with E-state index in [1.165, 1.54) is 0 Å². The second-order valence-corrected chi connectivity index (χ2v) is 5.25. The molecular formula is C18H16O2. The van der Waals surface area contributed by atoms with Gasteiger partial charge in [-0.25, -0.2) is 0 Å². The van der Waals surface area contributed by atoms with Crippen LogP contribution in [0.15, 0.2) is 60.7 Å². The number of hydrogen-bond donors (Lipinski definition) is 0. The minimum absolute atomic E-state index is 0.103. The molecule has 2 unspecified atom stereocenters. The van der Waals surface area contributed by atoms with Gasteiger partial charge in [0.1, 0.15) is 0 Å². The highest BCUT2D eigenvalue weighted by Crippen LogP contribution is 2.38. The van der Waals surface area contributed by atoms with Crippen LogP contribution in [-0.2, 0) is 0 Å². The number of ketones is 2. The number of benzene rings is 2. The minimum Gasteiger partial charge on any atom is -0.294 e. The van der Waals surface area contributed by atoms with Crippen molar-refractivity contribution in [3.8, 4) is 0 Å². The molecule has 0 bridgehead atoms. The Balaban J connectivity index is 1.77. The molecule has 0 spiro atoms. The maximum Gasteiger partial charge on any atom is 0.166 e. The molecule has 0 N–H and O–H groups in total. The van der Waals surface area contributed by atoms with Gasteiger partial charge in [-0.15, -0.1) is 0 Å². The van der Waals surface area contributed by atoms with Gasteiger partial charge in [0.15, 0.2) is 11.6 Å². The van der Waals surface area contributed by atoms with Gasteiger partial charge in [0, 0.05) is 23.0 Å². The van der Waals surface area contributed by atoms with Crippen molar-refractivity contribution < 1.29 is 9.59 Å². The molecule has 0 radical (unpaired) electrons. The van der Waals surface area contributed by atoms with E-state index in [-0.39, 0.29) is 23.4 Å². The molecule has 0 saturated heterocycles. The van der Waals surface area contributed by atoms with Gasteiger partial charge in [-0.1, -0.05) is 60.7 Å². The maximum atomic E-state index is 12.4. The van der Waals surface area contributed by atoms with Gasteiger partial charge in [-0.2, -0.15) is 0 Å². The predicted octanol–water partition coefficient (Wildman–Crippen LogP) is 3.78. The van der Waals surface area contributed by atoms with E-state index in [2.05, 4.69) is 0 Å². The van der Waals surface area contributed by atoms with Crippen LogP contribution in [0.25, 0.3) is 0 Å². The van der Waals surface area contributed by atoms with E-state index < -0.39 is 0 Å². The van der Waals surface area contributed by atoms with E-state index >= 15 is 0 Å². The Kier molecular flexibility index (Phi) is 3.46. The number of Topliss-reactive ketones (excluding diaryl/α,β-unsaturated/α-hetero) is 2. The molecule has 0 amide bonds. The SMILES string of the molecule is O=C(c1ccccc1)C1CCC1C(=O)c1ccccc1. The van der Waals surface area contributed by atoms with Crippen molar-refractivity contribution in [3.05, 3.63) is 71.8 Å². The molecule has 20 heavy (non-hydrogen) atoms. The van der Waals surface area contributed by atoms with Crippen LogP contribution in [0.4, 0.5) is 0 Å². The first kappa shape index (κ1) is 12.8. The molecule has 3 rings (SSSR count). The minimum atomic E-state index is -0.148. The average Bonchev–Trinajstić information content (AvgIpc) is 2.48. The number of rotatable bonds is 4. The van der Waals surface area contributed by atoms with Gasteiger partial charge in [0.25, 0.3) is 0 Å². The average molecular weight is 264 g/mol. The van der Waals surface area contributed by atoms with Gasteiger partial charge in [0.2, 0.25) is 0 Å². The fourth-order valence-electron chi connectivity index (χ4n) is 2.76. The van der Waals surface area contributed by atoms with Crippen LogP contribution in [0, 0.1) is 11.8 Å². The Hall–Kier alpha value is -2.22. The third-order valence-corrected chi connectivity index (χ3v) is 4.06. The van der Waals surface area contributed by atoms with Crippen molar-refractivity contribution in [2.24, 2.45) is 11.8 Å². The third-order valence-electron chi connectivity index (χ3n) is 4.06. The number of carbonyl (C=O) groups excluding carboxylic acids is 2. The van der Waals surface area contributed by atoms with Crippen molar-refractivity contribution >= 4 is 11.6 Å². The molecule has 2 aromatic carbocycles. The Bertz CT molecular complexity index is 559. The second-order valence-electron chi connectivity index (χ2n) is 5.25. The van der Waals surface area contributed by atoms with Crippen molar-refractivity contribution in [3.63, 3.8) is 0 Å². The lowest BCUT2D eigenvalue weighted by Gasteiger charge is -2.34. The van der Waals surface area contributed by atoms with Gasteiger partial charge in [-0.3, -0.25) is 9.59 Å². The van der Waals surface area contributed by atoms with Crippen LogP contribution < -0.4 is 0 Å². The largest absolute Gasteiger partial charge is 0.294 e. The predicted molar refractivity (Wildman–Crippen MR) is 77.8 cm³/mol. The summed E-state index contributed by atoms with van der Waals surface area (Å²) < 4.78 is 0. The highest BCUT2D eigenvalue weighted by Gasteiger charge is 2.41. The summed E-state index contributed by atoms with van der Waals surface area (Å²) in [6, 6.07) is 18.5.